The Morgan fingerprint density at radius 3 is 0.706 bits per heavy atom. The predicted octanol–water partition coefficient (Wildman–Crippen LogP) is 5.85. The van der Waals surface area contributed by atoms with Crippen LogP contribution in [0.2, 0.25) is 0 Å². The number of halogens is 1. The third-order valence-electron chi connectivity index (χ3n) is 3.00. The van der Waals surface area contributed by atoms with Gasteiger partial charge in [-0.3, -0.25) is 0 Å². The van der Waals surface area contributed by atoms with Crippen LogP contribution in [0.5, 0.6) is 0 Å². The summed E-state index contributed by atoms with van der Waals surface area (Å²) >= 11 is 4.23. The van der Waals surface area contributed by atoms with E-state index in [0.29, 0.717) is 0 Å². The summed E-state index contributed by atoms with van der Waals surface area (Å²) in [6, 6.07) is 0. The summed E-state index contributed by atoms with van der Waals surface area (Å²) in [7, 11) is 0.275. The fourth-order valence-electron chi connectivity index (χ4n) is 1.50. The Kier molecular flexibility index (Phi) is 43.4. The van der Waals surface area contributed by atoms with E-state index in [0.717, 1.165) is 0 Å². The quantitative estimate of drug-likeness (QED) is 0.212. The normalized spacial score (nSPS) is 8.88. The second kappa shape index (κ2) is 26.8. The van der Waals surface area contributed by atoms with Crippen molar-refractivity contribution in [2.75, 3.05) is 37.0 Å². The molecule has 0 saturated heterocycles. The number of hydrogen-bond donors (Lipinski definition) is 0. The van der Waals surface area contributed by atoms with Crippen LogP contribution in [0.4, 0.5) is 0 Å². The van der Waals surface area contributed by atoms with Crippen molar-refractivity contribution in [1.29, 1.82) is 0 Å². The van der Waals surface area contributed by atoms with Crippen molar-refractivity contribution >= 4 is 35.2 Å². The maximum atomic E-state index is 2.31. The Hall–Kier alpha value is 2.28. The molecule has 0 saturated carbocycles. The zero-order valence-corrected chi connectivity index (χ0v) is 19.4. The van der Waals surface area contributed by atoms with Crippen LogP contribution in [-0.4, -0.2) is 37.0 Å². The van der Waals surface area contributed by atoms with Gasteiger partial charge in [0.25, 0.3) is 0 Å². The molecule has 0 heterocycles. The van der Waals surface area contributed by atoms with E-state index in [-0.39, 0.29) is 23.3 Å². The summed E-state index contributed by atoms with van der Waals surface area (Å²) in [6.07, 6.45) is 8.74. The van der Waals surface area contributed by atoms with E-state index in [9.17, 15) is 0 Å². The minimum absolute atomic E-state index is 0. The van der Waals surface area contributed by atoms with Gasteiger partial charge in [0, 0.05) is 0 Å². The van der Waals surface area contributed by atoms with Crippen molar-refractivity contribution in [1.82, 2.24) is 0 Å². The molecule has 0 radical (unpaired) electrons. The molecule has 0 aliphatic carbocycles. The van der Waals surface area contributed by atoms with Gasteiger partial charge in [-0.2, -0.15) is 0 Å². The first-order chi connectivity index (χ1) is 7.69. The maximum absolute atomic E-state index is 2.31. The molecule has 0 spiro atoms. The zero-order chi connectivity index (χ0) is 13.4. The molecule has 0 amide bonds. The molecule has 0 nitrogen and oxygen atoms in total. The van der Waals surface area contributed by atoms with E-state index in [2.05, 4.69) is 77.0 Å². The first kappa shape index (κ1) is 27.6. The molecule has 112 valence electrons. The number of hydrogen-bond acceptors (Lipinski definition) is 0. The molecule has 0 fully saturated rings. The third-order valence-corrected chi connectivity index (χ3v) is 9.00. The molecule has 0 aliphatic heterocycles. The molecule has 0 N–H and O–H groups in total. The van der Waals surface area contributed by atoms with Gasteiger partial charge in [-0.1, -0.05) is 0 Å². The third kappa shape index (κ3) is 23.8. The van der Waals surface area contributed by atoms with E-state index in [1.165, 1.54) is 37.0 Å². The van der Waals surface area contributed by atoms with Crippen LogP contribution < -0.4 is 0 Å². The van der Waals surface area contributed by atoms with Gasteiger partial charge in [-0.15, -0.1) is 0 Å². The van der Waals surface area contributed by atoms with Crippen molar-refractivity contribution in [3.63, 3.8) is 0 Å². The van der Waals surface area contributed by atoms with Crippen molar-refractivity contribution < 1.29 is 16.1 Å². The Labute approximate surface area is 136 Å². The van der Waals surface area contributed by atoms with E-state index in [1.54, 1.807) is 0 Å². The van der Waals surface area contributed by atoms with E-state index in [1.807, 2.05) is 0 Å². The molecule has 0 rings (SSSR count). The summed E-state index contributed by atoms with van der Waals surface area (Å²) < 4.78 is 0. The van der Waals surface area contributed by atoms with Crippen LogP contribution in [0, 0.1) is 7.43 Å². The molecule has 4 heteroatoms. The monoisotopic (exact) mass is 575 g/mol. The van der Waals surface area contributed by atoms with Crippen LogP contribution in [-0.2, 0) is 16.1 Å². The average molecular weight is 575 g/mol. The molecular weight excluding hydrogens is 540 g/mol. The topological polar surface area (TPSA) is 0 Å². The molecule has 0 bridgehead atoms. The second-order valence-electron chi connectivity index (χ2n) is 3.62. The van der Waals surface area contributed by atoms with Gasteiger partial charge in [0.1, 0.15) is 0 Å². The molecule has 0 aromatic rings. The van der Waals surface area contributed by atoms with Crippen LogP contribution in [0.15, 0.2) is 0 Å². The summed E-state index contributed by atoms with van der Waals surface area (Å²) in [6.45, 7) is 13.8. The Bertz CT molecular complexity index is 74.4. The summed E-state index contributed by atoms with van der Waals surface area (Å²) in [5, 5.41) is 0. The van der Waals surface area contributed by atoms with Crippen LogP contribution in [0.1, 0.15) is 41.5 Å². The average Bonchev–Trinajstić information content (AvgIpc) is 2.37. The van der Waals surface area contributed by atoms with Crippen molar-refractivity contribution in [3.8, 4) is 0 Å². The molecule has 17 heavy (non-hydrogen) atoms. The Morgan fingerprint density at radius 2 is 0.706 bits per heavy atom. The van der Waals surface area contributed by atoms with Gasteiger partial charge in [0.15, 0.2) is 0 Å². The Morgan fingerprint density at radius 1 is 0.588 bits per heavy atom. The first-order valence-corrected chi connectivity index (χ1v) is 17.2. The fraction of sp³-hybridized carbons (Fsp3) is 0.923. The molecule has 0 aromatic carbocycles. The SMILES string of the molecule is CC[PH+](CC)CC.CC[PH+](CC)CC.[CH3-].[I][Pt+]. The molecular formula is C13H35IP2Pt+2. The molecule has 0 aromatic heterocycles. The minimum atomic E-state index is 0. The van der Waals surface area contributed by atoms with Gasteiger partial charge >= 0.3 is 35.5 Å². The van der Waals surface area contributed by atoms with Gasteiger partial charge < -0.3 is 7.43 Å². The molecule has 0 aliphatic rings. The van der Waals surface area contributed by atoms with E-state index < -0.39 is 0 Å². The van der Waals surface area contributed by atoms with Gasteiger partial charge in [0.2, 0.25) is 0 Å². The van der Waals surface area contributed by atoms with E-state index >= 15 is 0 Å². The zero-order valence-electron chi connectivity index (χ0n) is 12.9. The van der Waals surface area contributed by atoms with Crippen LogP contribution in [0.3, 0.4) is 0 Å². The molecule has 0 atom stereocenters. The number of rotatable bonds is 6. The van der Waals surface area contributed by atoms with Crippen molar-refractivity contribution in [3.05, 3.63) is 7.43 Å². The summed E-state index contributed by atoms with van der Waals surface area (Å²) in [4.78, 5) is 0. The first-order valence-electron chi connectivity index (χ1n) is 6.48. The van der Waals surface area contributed by atoms with Gasteiger partial charge in [0.05, 0.1) is 37.0 Å². The summed E-state index contributed by atoms with van der Waals surface area (Å²) in [5.74, 6) is 0. The second-order valence-corrected chi connectivity index (χ2v) is 10.9. The fourth-order valence-corrected chi connectivity index (χ4v) is 4.50. The van der Waals surface area contributed by atoms with Crippen LogP contribution >= 0.6 is 35.2 Å². The summed E-state index contributed by atoms with van der Waals surface area (Å²) in [5.41, 5.74) is 0. The van der Waals surface area contributed by atoms with Crippen molar-refractivity contribution in [2.24, 2.45) is 0 Å². The Balaban J connectivity index is -0.0000000823. The molecule has 0 unspecified atom stereocenters. The van der Waals surface area contributed by atoms with Gasteiger partial charge in [-0.05, 0) is 57.4 Å². The predicted molar refractivity (Wildman–Crippen MR) is 100 cm³/mol. The standard InChI is InChI=1S/2C6H15P.CH3.HI.Pt/c2*1-4-7(5-2)6-3;;;/h2*4-6H2,1-3H3;1H3;1H;/q;;-1;;+2/p+1. The van der Waals surface area contributed by atoms with Crippen molar-refractivity contribution in [2.45, 2.75) is 41.5 Å². The van der Waals surface area contributed by atoms with Gasteiger partial charge in [-0.25, -0.2) is 0 Å². The van der Waals surface area contributed by atoms with E-state index in [4.69, 9.17) is 0 Å². The van der Waals surface area contributed by atoms with Crippen LogP contribution in [0.25, 0.3) is 0 Å².